The van der Waals surface area contributed by atoms with Crippen LogP contribution in [0, 0.1) is 0 Å². The Bertz CT molecular complexity index is 314. The molecule has 3 heteroatoms. The summed E-state index contributed by atoms with van der Waals surface area (Å²) in [5.41, 5.74) is 2.69. The third-order valence-corrected chi connectivity index (χ3v) is 3.72. The van der Waals surface area contributed by atoms with Gasteiger partial charge in [0.1, 0.15) is 0 Å². The van der Waals surface area contributed by atoms with Gasteiger partial charge in [-0.15, -0.1) is 23.4 Å². The molecule has 0 aromatic heterocycles. The van der Waals surface area contributed by atoms with Gasteiger partial charge in [0.25, 0.3) is 0 Å². The van der Waals surface area contributed by atoms with E-state index in [0.29, 0.717) is 5.88 Å². The largest absolute Gasteiger partial charge is 0.384 e. The molecule has 0 radical (unpaired) electrons. The fourth-order valence-corrected chi connectivity index (χ4v) is 2.78. The van der Waals surface area contributed by atoms with Crippen molar-refractivity contribution in [1.82, 2.24) is 0 Å². The van der Waals surface area contributed by atoms with Gasteiger partial charge < -0.3 is 5.32 Å². The van der Waals surface area contributed by atoms with E-state index in [0.717, 1.165) is 6.54 Å². The minimum absolute atomic E-state index is 0.659. The Morgan fingerprint density at radius 1 is 1.43 bits per heavy atom. The number of fused-ring (bicyclic) bond motifs is 1. The molecule has 76 valence electrons. The van der Waals surface area contributed by atoms with Gasteiger partial charge in [0.15, 0.2) is 0 Å². The van der Waals surface area contributed by atoms with E-state index in [4.69, 9.17) is 11.6 Å². The van der Waals surface area contributed by atoms with Gasteiger partial charge in [0.2, 0.25) is 0 Å². The number of anilines is 1. The van der Waals surface area contributed by atoms with Crippen molar-refractivity contribution in [3.05, 3.63) is 23.8 Å². The molecule has 1 heterocycles. The Kier molecular flexibility index (Phi) is 3.60. The number of thioether (sulfide) groups is 1. The van der Waals surface area contributed by atoms with Crippen LogP contribution in [0.2, 0.25) is 0 Å². The van der Waals surface area contributed by atoms with Crippen molar-refractivity contribution in [2.24, 2.45) is 0 Å². The van der Waals surface area contributed by atoms with Crippen LogP contribution in [0.15, 0.2) is 23.1 Å². The quantitative estimate of drug-likeness (QED) is 0.795. The summed E-state index contributed by atoms with van der Waals surface area (Å²) in [6.07, 6.45) is 2.52. The number of nitrogens with one attached hydrogen (secondary N) is 1. The lowest BCUT2D eigenvalue weighted by Gasteiger charge is -2.16. The number of hydrogen-bond donors (Lipinski definition) is 1. The van der Waals surface area contributed by atoms with Gasteiger partial charge in [0.05, 0.1) is 0 Å². The van der Waals surface area contributed by atoms with Crippen molar-refractivity contribution in [1.29, 1.82) is 0 Å². The smallest absolute Gasteiger partial charge is 0.0396 e. The van der Waals surface area contributed by atoms with Gasteiger partial charge in [-0.1, -0.05) is 0 Å². The maximum Gasteiger partial charge on any atom is 0.0396 e. The second-order valence-electron chi connectivity index (χ2n) is 3.39. The van der Waals surface area contributed by atoms with Gasteiger partial charge in [-0.3, -0.25) is 0 Å². The summed E-state index contributed by atoms with van der Waals surface area (Å²) >= 11 is 7.60. The molecule has 0 spiro atoms. The molecule has 2 rings (SSSR count). The van der Waals surface area contributed by atoms with Crippen molar-refractivity contribution >= 4 is 29.1 Å². The maximum atomic E-state index is 5.63. The van der Waals surface area contributed by atoms with Crippen molar-refractivity contribution in [2.45, 2.75) is 17.7 Å². The van der Waals surface area contributed by atoms with E-state index >= 15 is 0 Å². The molecule has 1 aliphatic heterocycles. The van der Waals surface area contributed by atoms with Crippen LogP contribution in [0.4, 0.5) is 5.69 Å². The molecule has 0 atom stereocenters. The lowest BCUT2D eigenvalue weighted by Crippen LogP contribution is -2.04. The molecule has 0 saturated heterocycles. The van der Waals surface area contributed by atoms with Crippen LogP contribution in [-0.2, 0) is 6.42 Å². The average molecular weight is 228 g/mol. The molecule has 0 fully saturated rings. The minimum atomic E-state index is 0.659. The SMILES string of the molecule is ClCCNc1ccc2c(c1)CCCS2. The first-order valence-electron chi connectivity index (χ1n) is 4.96. The third-order valence-electron chi connectivity index (χ3n) is 2.33. The first kappa shape index (κ1) is 10.2. The summed E-state index contributed by atoms with van der Waals surface area (Å²) in [5.74, 6) is 1.92. The summed E-state index contributed by atoms with van der Waals surface area (Å²) < 4.78 is 0. The number of halogens is 1. The van der Waals surface area contributed by atoms with Crippen LogP contribution in [0.3, 0.4) is 0 Å². The summed E-state index contributed by atoms with van der Waals surface area (Å²) in [4.78, 5) is 1.45. The molecule has 14 heavy (non-hydrogen) atoms. The molecular formula is C11H14ClNS. The Morgan fingerprint density at radius 3 is 3.21 bits per heavy atom. The van der Waals surface area contributed by atoms with Crippen molar-refractivity contribution in [3.63, 3.8) is 0 Å². The van der Waals surface area contributed by atoms with Gasteiger partial charge >= 0.3 is 0 Å². The molecule has 1 aromatic carbocycles. The highest BCUT2D eigenvalue weighted by molar-refractivity contribution is 7.99. The van der Waals surface area contributed by atoms with Gasteiger partial charge in [-0.05, 0) is 42.4 Å². The zero-order valence-electron chi connectivity index (χ0n) is 8.05. The molecule has 1 N–H and O–H groups in total. The van der Waals surface area contributed by atoms with Crippen LogP contribution in [0.25, 0.3) is 0 Å². The van der Waals surface area contributed by atoms with Crippen LogP contribution in [-0.4, -0.2) is 18.2 Å². The van der Waals surface area contributed by atoms with Gasteiger partial charge in [-0.2, -0.15) is 0 Å². The summed E-state index contributed by atoms with van der Waals surface area (Å²) in [6, 6.07) is 6.62. The third kappa shape index (κ3) is 2.37. The molecule has 0 amide bonds. The Morgan fingerprint density at radius 2 is 2.36 bits per heavy atom. The second kappa shape index (κ2) is 4.94. The number of rotatable bonds is 3. The van der Waals surface area contributed by atoms with Gasteiger partial charge in [-0.25, -0.2) is 0 Å². The number of aryl methyl sites for hydroxylation is 1. The predicted octanol–water partition coefficient (Wildman–Crippen LogP) is 3.38. The topological polar surface area (TPSA) is 12.0 Å². The van der Waals surface area contributed by atoms with Gasteiger partial charge in [0, 0.05) is 23.0 Å². The zero-order chi connectivity index (χ0) is 9.80. The highest BCUT2D eigenvalue weighted by Gasteiger charge is 2.09. The van der Waals surface area contributed by atoms with Crippen LogP contribution in [0.5, 0.6) is 0 Å². The van der Waals surface area contributed by atoms with Crippen LogP contribution >= 0.6 is 23.4 Å². The van der Waals surface area contributed by atoms with E-state index in [1.165, 1.54) is 34.7 Å². The van der Waals surface area contributed by atoms with Crippen LogP contribution in [0.1, 0.15) is 12.0 Å². The zero-order valence-corrected chi connectivity index (χ0v) is 9.63. The highest BCUT2D eigenvalue weighted by atomic mass is 35.5. The van der Waals surface area contributed by atoms with E-state index in [1.54, 1.807) is 0 Å². The molecular weight excluding hydrogens is 214 g/mol. The molecule has 0 aliphatic carbocycles. The average Bonchev–Trinajstić information content (AvgIpc) is 2.26. The molecule has 0 bridgehead atoms. The van der Waals surface area contributed by atoms with Crippen molar-refractivity contribution in [3.8, 4) is 0 Å². The second-order valence-corrected chi connectivity index (χ2v) is 4.90. The number of alkyl halides is 1. The Balaban J connectivity index is 2.12. The summed E-state index contributed by atoms with van der Waals surface area (Å²) in [6.45, 7) is 0.841. The van der Waals surface area contributed by atoms with E-state index in [-0.39, 0.29) is 0 Å². The van der Waals surface area contributed by atoms with E-state index in [9.17, 15) is 0 Å². The van der Waals surface area contributed by atoms with Crippen molar-refractivity contribution in [2.75, 3.05) is 23.5 Å². The van der Waals surface area contributed by atoms with Crippen LogP contribution < -0.4 is 5.32 Å². The lowest BCUT2D eigenvalue weighted by atomic mass is 10.1. The van der Waals surface area contributed by atoms with E-state index in [1.807, 2.05) is 11.8 Å². The number of benzene rings is 1. The lowest BCUT2D eigenvalue weighted by molar-refractivity contribution is 0.890. The highest BCUT2D eigenvalue weighted by Crippen LogP contribution is 2.31. The van der Waals surface area contributed by atoms with E-state index in [2.05, 4.69) is 23.5 Å². The minimum Gasteiger partial charge on any atom is -0.384 e. The first-order chi connectivity index (χ1) is 6.90. The summed E-state index contributed by atoms with van der Waals surface area (Å²) in [5, 5.41) is 3.30. The fourth-order valence-electron chi connectivity index (χ4n) is 1.66. The Hall–Kier alpha value is -0.340. The molecule has 1 aliphatic rings. The Labute approximate surface area is 94.2 Å². The molecule has 1 nitrogen and oxygen atoms in total. The predicted molar refractivity (Wildman–Crippen MR) is 64.7 cm³/mol. The summed E-state index contributed by atoms with van der Waals surface area (Å²) in [7, 11) is 0. The standard InChI is InChI=1S/C11H14ClNS/c12-5-6-13-10-3-4-11-9(8-10)2-1-7-14-11/h3-4,8,13H,1-2,5-7H2. The molecule has 0 unspecified atom stereocenters. The molecule has 0 saturated carbocycles. The number of hydrogen-bond acceptors (Lipinski definition) is 2. The van der Waals surface area contributed by atoms with Crippen molar-refractivity contribution < 1.29 is 0 Å². The first-order valence-corrected chi connectivity index (χ1v) is 6.48. The molecule has 1 aromatic rings. The fraction of sp³-hybridized carbons (Fsp3) is 0.455. The normalized spacial score (nSPS) is 14.9. The van der Waals surface area contributed by atoms with E-state index < -0.39 is 0 Å². The monoisotopic (exact) mass is 227 g/mol. The maximum absolute atomic E-state index is 5.63.